The number of hydrogen-bond acceptors (Lipinski definition) is 3. The zero-order chi connectivity index (χ0) is 14.8. The maximum Gasteiger partial charge on any atom is 0.0705 e. The van der Waals surface area contributed by atoms with Crippen LogP contribution in [0.2, 0.25) is 0 Å². The first kappa shape index (κ1) is 13.8. The maximum atomic E-state index is 4.45. The zero-order valence-electron chi connectivity index (χ0n) is 12.7. The third-order valence-electron chi connectivity index (χ3n) is 4.02. The molecule has 0 saturated heterocycles. The highest BCUT2D eigenvalue weighted by atomic mass is 15.3. The summed E-state index contributed by atoms with van der Waals surface area (Å²) in [5, 5.41) is 9.19. The van der Waals surface area contributed by atoms with Crippen molar-refractivity contribution in [1.29, 1.82) is 0 Å². The van der Waals surface area contributed by atoms with Gasteiger partial charge in [-0.25, -0.2) is 0 Å². The Balaban J connectivity index is 1.75. The molecule has 0 atom stereocenters. The van der Waals surface area contributed by atoms with Gasteiger partial charge in [0.2, 0.25) is 0 Å². The number of benzene rings is 1. The van der Waals surface area contributed by atoms with Crippen LogP contribution in [0.15, 0.2) is 36.5 Å². The van der Waals surface area contributed by atoms with Crippen LogP contribution in [0, 0.1) is 13.8 Å². The molecule has 0 bridgehead atoms. The highest BCUT2D eigenvalue weighted by molar-refractivity contribution is 5.81. The van der Waals surface area contributed by atoms with Gasteiger partial charge in [-0.05, 0) is 31.5 Å². The van der Waals surface area contributed by atoms with Crippen LogP contribution in [0.25, 0.3) is 10.9 Å². The molecule has 4 heteroatoms. The van der Waals surface area contributed by atoms with Gasteiger partial charge in [-0.2, -0.15) is 5.10 Å². The van der Waals surface area contributed by atoms with Gasteiger partial charge in [0, 0.05) is 43.0 Å². The van der Waals surface area contributed by atoms with Crippen LogP contribution in [0.1, 0.15) is 22.5 Å². The smallest absolute Gasteiger partial charge is 0.0705 e. The first-order chi connectivity index (χ1) is 10.2. The molecule has 0 radical (unpaired) electrons. The molecular formula is C17H20N4. The van der Waals surface area contributed by atoms with Gasteiger partial charge < -0.3 is 5.32 Å². The molecule has 108 valence electrons. The van der Waals surface area contributed by atoms with E-state index in [0.29, 0.717) is 0 Å². The Bertz CT molecular complexity index is 768. The molecule has 21 heavy (non-hydrogen) atoms. The number of rotatable bonds is 4. The molecule has 2 aromatic heterocycles. The topological polar surface area (TPSA) is 42.7 Å². The quantitative estimate of drug-likeness (QED) is 0.799. The second kappa shape index (κ2) is 5.66. The highest BCUT2D eigenvalue weighted by Gasteiger charge is 2.09. The Morgan fingerprint density at radius 1 is 1.10 bits per heavy atom. The van der Waals surface area contributed by atoms with Gasteiger partial charge >= 0.3 is 0 Å². The van der Waals surface area contributed by atoms with Crippen molar-refractivity contribution in [3.8, 4) is 0 Å². The number of hydrogen-bond donors (Lipinski definition) is 1. The predicted molar refractivity (Wildman–Crippen MR) is 85.0 cm³/mol. The number of pyridine rings is 1. The van der Waals surface area contributed by atoms with Gasteiger partial charge in [0.05, 0.1) is 11.2 Å². The van der Waals surface area contributed by atoms with Crippen LogP contribution in [0.5, 0.6) is 0 Å². The Hall–Kier alpha value is -2.20. The minimum absolute atomic E-state index is 0.830. The van der Waals surface area contributed by atoms with E-state index in [0.717, 1.165) is 24.3 Å². The Morgan fingerprint density at radius 2 is 1.90 bits per heavy atom. The molecule has 0 aliphatic heterocycles. The lowest BCUT2D eigenvalue weighted by Gasteiger charge is -2.08. The van der Waals surface area contributed by atoms with Gasteiger partial charge in [-0.15, -0.1) is 0 Å². The van der Waals surface area contributed by atoms with Crippen molar-refractivity contribution < 1.29 is 0 Å². The second-order valence-electron chi connectivity index (χ2n) is 5.36. The normalized spacial score (nSPS) is 11.2. The second-order valence-corrected chi connectivity index (χ2v) is 5.36. The number of nitrogens with one attached hydrogen (secondary N) is 1. The van der Waals surface area contributed by atoms with Crippen LogP contribution in [0.3, 0.4) is 0 Å². The summed E-state index contributed by atoms with van der Waals surface area (Å²) in [5.41, 5.74) is 5.93. The van der Waals surface area contributed by atoms with Crippen LogP contribution >= 0.6 is 0 Å². The van der Waals surface area contributed by atoms with Crippen LogP contribution in [-0.4, -0.2) is 14.8 Å². The fourth-order valence-electron chi connectivity index (χ4n) is 2.70. The van der Waals surface area contributed by atoms with Crippen molar-refractivity contribution in [2.45, 2.75) is 26.9 Å². The zero-order valence-corrected chi connectivity index (χ0v) is 12.7. The number of aromatic nitrogens is 3. The van der Waals surface area contributed by atoms with Crippen molar-refractivity contribution >= 4 is 10.9 Å². The average Bonchev–Trinajstić information content (AvgIpc) is 2.73. The van der Waals surface area contributed by atoms with E-state index in [1.165, 1.54) is 22.2 Å². The average molecular weight is 280 g/mol. The summed E-state index contributed by atoms with van der Waals surface area (Å²) < 4.78 is 1.94. The van der Waals surface area contributed by atoms with Crippen molar-refractivity contribution in [2.24, 2.45) is 7.05 Å². The van der Waals surface area contributed by atoms with E-state index in [1.807, 2.05) is 30.1 Å². The summed E-state index contributed by atoms with van der Waals surface area (Å²) in [6, 6.07) is 10.3. The molecule has 0 saturated carbocycles. The molecule has 0 amide bonds. The SMILES string of the molecule is Cc1nn(C)c(C)c1CNCc1ccnc2ccccc12. The van der Waals surface area contributed by atoms with Crippen LogP contribution < -0.4 is 5.32 Å². The lowest BCUT2D eigenvalue weighted by molar-refractivity contribution is 0.686. The van der Waals surface area contributed by atoms with E-state index in [9.17, 15) is 0 Å². The van der Waals surface area contributed by atoms with E-state index in [-0.39, 0.29) is 0 Å². The summed E-state index contributed by atoms with van der Waals surface area (Å²) in [6.45, 7) is 5.84. The van der Waals surface area contributed by atoms with Crippen molar-refractivity contribution in [2.75, 3.05) is 0 Å². The summed E-state index contributed by atoms with van der Waals surface area (Å²) >= 11 is 0. The molecule has 1 N–H and O–H groups in total. The number of para-hydroxylation sites is 1. The van der Waals surface area contributed by atoms with E-state index in [1.54, 1.807) is 0 Å². The number of nitrogens with zero attached hydrogens (tertiary/aromatic N) is 3. The molecule has 1 aromatic carbocycles. The molecule has 4 nitrogen and oxygen atoms in total. The van der Waals surface area contributed by atoms with Crippen LogP contribution in [0.4, 0.5) is 0 Å². The molecule has 3 aromatic rings. The lowest BCUT2D eigenvalue weighted by atomic mass is 10.1. The third kappa shape index (κ3) is 2.67. The van der Waals surface area contributed by atoms with Crippen molar-refractivity contribution in [1.82, 2.24) is 20.1 Å². The summed E-state index contributed by atoms with van der Waals surface area (Å²) in [6.07, 6.45) is 1.87. The summed E-state index contributed by atoms with van der Waals surface area (Å²) in [7, 11) is 1.99. The number of aryl methyl sites for hydroxylation is 2. The summed E-state index contributed by atoms with van der Waals surface area (Å²) in [5.74, 6) is 0. The molecule has 0 fully saturated rings. The van der Waals surface area contributed by atoms with E-state index in [2.05, 4.69) is 47.4 Å². The molecule has 2 heterocycles. The van der Waals surface area contributed by atoms with Gasteiger partial charge in [0.1, 0.15) is 0 Å². The fourth-order valence-corrected chi connectivity index (χ4v) is 2.70. The van der Waals surface area contributed by atoms with E-state index < -0.39 is 0 Å². The summed E-state index contributed by atoms with van der Waals surface area (Å²) in [4.78, 5) is 4.40. The molecular weight excluding hydrogens is 260 g/mol. The highest BCUT2D eigenvalue weighted by Crippen LogP contribution is 2.16. The largest absolute Gasteiger partial charge is 0.308 e. The first-order valence-corrected chi connectivity index (χ1v) is 7.19. The van der Waals surface area contributed by atoms with Crippen LogP contribution in [-0.2, 0) is 20.1 Å². The fraction of sp³-hybridized carbons (Fsp3) is 0.294. The molecule has 0 aliphatic rings. The lowest BCUT2D eigenvalue weighted by Crippen LogP contribution is -2.14. The predicted octanol–water partition coefficient (Wildman–Crippen LogP) is 2.87. The monoisotopic (exact) mass is 280 g/mol. The Morgan fingerprint density at radius 3 is 2.67 bits per heavy atom. The molecule has 0 unspecified atom stereocenters. The minimum Gasteiger partial charge on any atom is -0.308 e. The van der Waals surface area contributed by atoms with Gasteiger partial charge in [0.15, 0.2) is 0 Å². The Labute approximate surface area is 124 Å². The van der Waals surface area contributed by atoms with Crippen molar-refractivity contribution in [3.63, 3.8) is 0 Å². The van der Waals surface area contributed by atoms with E-state index in [4.69, 9.17) is 0 Å². The van der Waals surface area contributed by atoms with Gasteiger partial charge in [0.25, 0.3) is 0 Å². The molecule has 0 spiro atoms. The Kier molecular flexibility index (Phi) is 3.71. The van der Waals surface area contributed by atoms with E-state index >= 15 is 0 Å². The standard InChI is InChI=1S/C17H20N4/c1-12-16(13(2)21(3)20-12)11-18-10-14-8-9-19-17-7-5-4-6-15(14)17/h4-9,18H,10-11H2,1-3H3. The minimum atomic E-state index is 0.830. The third-order valence-corrected chi connectivity index (χ3v) is 4.02. The molecule has 3 rings (SSSR count). The van der Waals surface area contributed by atoms with Gasteiger partial charge in [-0.1, -0.05) is 18.2 Å². The van der Waals surface area contributed by atoms with Gasteiger partial charge in [-0.3, -0.25) is 9.67 Å². The van der Waals surface area contributed by atoms with Crippen molar-refractivity contribution in [3.05, 3.63) is 59.0 Å². The maximum absolute atomic E-state index is 4.45. The molecule has 0 aliphatic carbocycles. The number of fused-ring (bicyclic) bond motifs is 1. The first-order valence-electron chi connectivity index (χ1n) is 7.19.